The van der Waals surface area contributed by atoms with Crippen molar-refractivity contribution < 1.29 is 0 Å². The number of nitrogens with two attached hydrogens (primary N) is 1. The van der Waals surface area contributed by atoms with Crippen molar-refractivity contribution in [3.63, 3.8) is 0 Å². The van der Waals surface area contributed by atoms with Crippen molar-refractivity contribution in [3.05, 3.63) is 53.5 Å². The van der Waals surface area contributed by atoms with E-state index in [0.29, 0.717) is 19.5 Å². The summed E-state index contributed by atoms with van der Waals surface area (Å²) in [7, 11) is 0. The Morgan fingerprint density at radius 2 is 1.30 bits per heavy atom. The van der Waals surface area contributed by atoms with E-state index in [4.69, 9.17) is 5.73 Å². The summed E-state index contributed by atoms with van der Waals surface area (Å²) in [5.41, 5.74) is 3.55. The van der Waals surface area contributed by atoms with E-state index in [2.05, 4.69) is 4.98 Å². The highest BCUT2D eigenvalue weighted by Gasteiger charge is 2.16. The zero-order valence-electron chi connectivity index (χ0n) is 12.6. The lowest BCUT2D eigenvalue weighted by Crippen LogP contribution is -2.25. The van der Waals surface area contributed by atoms with Crippen molar-refractivity contribution >= 4 is 21.5 Å². The van der Waals surface area contributed by atoms with Crippen LogP contribution in [0.25, 0.3) is 21.5 Å². The van der Waals surface area contributed by atoms with Gasteiger partial charge in [0.1, 0.15) is 0 Å². The topological polar surface area (TPSA) is 115 Å². The number of fused-ring (bicyclic) bond motifs is 2. The molecule has 1 aromatic carbocycles. The number of aromatic amines is 1. The first-order valence-corrected chi connectivity index (χ1v) is 7.64. The highest BCUT2D eigenvalue weighted by molar-refractivity contribution is 5.97. The maximum absolute atomic E-state index is 12.4. The van der Waals surface area contributed by atoms with Crippen molar-refractivity contribution in [2.45, 2.75) is 32.2 Å². The number of H-pyrrole nitrogens is 1. The molecular formula is C16H17N3O4. The Morgan fingerprint density at radius 3 is 1.83 bits per heavy atom. The van der Waals surface area contributed by atoms with E-state index in [1.54, 1.807) is 0 Å². The molecule has 7 nitrogen and oxygen atoms in total. The Hall–Kier alpha value is -2.54. The molecule has 0 aliphatic heterocycles. The first kappa shape index (κ1) is 15.4. The fourth-order valence-corrected chi connectivity index (χ4v) is 2.92. The van der Waals surface area contributed by atoms with Crippen LogP contribution in [-0.2, 0) is 6.54 Å². The van der Waals surface area contributed by atoms with Crippen LogP contribution in [0.15, 0.2) is 31.3 Å². The molecule has 0 aliphatic rings. The summed E-state index contributed by atoms with van der Waals surface area (Å²) in [6.07, 6.45) is 3.49. The molecule has 7 heteroatoms. The van der Waals surface area contributed by atoms with Gasteiger partial charge < -0.3 is 5.73 Å². The van der Waals surface area contributed by atoms with Crippen LogP contribution in [0.5, 0.6) is 0 Å². The van der Waals surface area contributed by atoms with Gasteiger partial charge in [0.05, 0.1) is 21.5 Å². The van der Waals surface area contributed by atoms with E-state index in [1.807, 2.05) is 0 Å². The van der Waals surface area contributed by atoms with Crippen molar-refractivity contribution in [1.29, 1.82) is 0 Å². The molecule has 23 heavy (non-hydrogen) atoms. The molecule has 0 saturated heterocycles. The molecule has 0 amide bonds. The lowest BCUT2D eigenvalue weighted by atomic mass is 10.1. The molecule has 2 heterocycles. The average Bonchev–Trinajstić information content (AvgIpc) is 2.94. The monoisotopic (exact) mass is 315 g/mol. The fraction of sp³-hybridized carbons (Fsp3) is 0.375. The summed E-state index contributed by atoms with van der Waals surface area (Å²) in [6.45, 7) is 0.969. The highest BCUT2D eigenvalue weighted by atomic mass is 16.2. The van der Waals surface area contributed by atoms with Crippen LogP contribution in [0.4, 0.5) is 0 Å². The average molecular weight is 315 g/mol. The SMILES string of the molecule is NCCCCCCn1c(=O)c2cc3c(=O)[nH]c(=O)c3cc2c1=O. The molecule has 3 aromatic rings. The minimum Gasteiger partial charge on any atom is -0.330 e. The molecule has 3 rings (SSSR count). The second-order valence-corrected chi connectivity index (χ2v) is 5.69. The summed E-state index contributed by atoms with van der Waals surface area (Å²) in [5, 5.41) is 0.695. The van der Waals surface area contributed by atoms with Gasteiger partial charge in [-0.2, -0.15) is 0 Å². The number of hydrogen-bond acceptors (Lipinski definition) is 5. The number of nitrogens with one attached hydrogen (secondary N) is 1. The lowest BCUT2D eigenvalue weighted by Gasteiger charge is -2.00. The zero-order valence-corrected chi connectivity index (χ0v) is 12.6. The molecule has 0 atom stereocenters. The number of unbranched alkanes of at least 4 members (excludes halogenated alkanes) is 3. The minimum absolute atomic E-state index is 0.152. The van der Waals surface area contributed by atoms with Gasteiger partial charge in [-0.1, -0.05) is 12.8 Å². The van der Waals surface area contributed by atoms with Gasteiger partial charge >= 0.3 is 0 Å². The molecule has 0 fully saturated rings. The number of nitrogens with zero attached hydrogens (tertiary/aromatic N) is 1. The molecule has 0 radical (unpaired) electrons. The van der Waals surface area contributed by atoms with E-state index in [1.165, 1.54) is 16.7 Å². The highest BCUT2D eigenvalue weighted by Crippen LogP contribution is 2.13. The normalized spacial score (nSPS) is 11.7. The van der Waals surface area contributed by atoms with Crippen LogP contribution < -0.4 is 28.0 Å². The third-order valence-electron chi connectivity index (χ3n) is 4.16. The number of aromatic nitrogens is 2. The van der Waals surface area contributed by atoms with Crippen LogP contribution in [-0.4, -0.2) is 16.1 Å². The Bertz CT molecular complexity index is 991. The molecule has 0 spiro atoms. The molecule has 2 aromatic heterocycles. The molecule has 3 N–H and O–H groups in total. The predicted octanol–water partition coefficient (Wildman–Crippen LogP) is -0.0419. The quantitative estimate of drug-likeness (QED) is 0.619. The van der Waals surface area contributed by atoms with E-state index in [-0.39, 0.29) is 21.5 Å². The lowest BCUT2D eigenvalue weighted by molar-refractivity contribution is 0.561. The number of rotatable bonds is 6. The Balaban J connectivity index is 2.04. The first-order valence-electron chi connectivity index (χ1n) is 7.64. The van der Waals surface area contributed by atoms with Crippen molar-refractivity contribution in [3.8, 4) is 0 Å². The van der Waals surface area contributed by atoms with Gasteiger partial charge in [-0.3, -0.25) is 28.7 Å². The van der Waals surface area contributed by atoms with Gasteiger partial charge in [0.25, 0.3) is 22.2 Å². The maximum atomic E-state index is 12.4. The van der Waals surface area contributed by atoms with Crippen LogP contribution in [0.3, 0.4) is 0 Å². The van der Waals surface area contributed by atoms with Crippen LogP contribution in [0.2, 0.25) is 0 Å². The maximum Gasteiger partial charge on any atom is 0.261 e. The number of hydrogen-bond donors (Lipinski definition) is 2. The fourth-order valence-electron chi connectivity index (χ4n) is 2.92. The Kier molecular flexibility index (Phi) is 3.96. The molecule has 0 bridgehead atoms. The second kappa shape index (κ2) is 5.92. The summed E-state index contributed by atoms with van der Waals surface area (Å²) >= 11 is 0. The largest absolute Gasteiger partial charge is 0.330 e. The molecule has 120 valence electrons. The van der Waals surface area contributed by atoms with Crippen LogP contribution >= 0.6 is 0 Å². The third kappa shape index (κ3) is 2.53. The van der Waals surface area contributed by atoms with E-state index >= 15 is 0 Å². The third-order valence-corrected chi connectivity index (χ3v) is 4.16. The summed E-state index contributed by atoms with van der Waals surface area (Å²) in [6, 6.07) is 2.69. The van der Waals surface area contributed by atoms with Crippen molar-refractivity contribution in [2.24, 2.45) is 5.73 Å². The van der Waals surface area contributed by atoms with Crippen LogP contribution in [0.1, 0.15) is 25.7 Å². The Morgan fingerprint density at radius 1 is 0.783 bits per heavy atom. The zero-order chi connectivity index (χ0) is 16.6. The predicted molar refractivity (Wildman–Crippen MR) is 88.8 cm³/mol. The van der Waals surface area contributed by atoms with E-state index in [9.17, 15) is 19.2 Å². The second-order valence-electron chi connectivity index (χ2n) is 5.69. The standard InChI is InChI=1S/C16H17N3O4/c17-5-3-1-2-4-6-19-15(22)11-7-9-10(8-12(11)16(19)23)14(21)18-13(9)20/h7-8H,1-6,17H2,(H,18,20,21). The van der Waals surface area contributed by atoms with Gasteiger partial charge in [-0.25, -0.2) is 0 Å². The van der Waals surface area contributed by atoms with E-state index < -0.39 is 22.2 Å². The van der Waals surface area contributed by atoms with Gasteiger partial charge in [-0.05, 0) is 31.5 Å². The first-order chi connectivity index (χ1) is 11.0. The van der Waals surface area contributed by atoms with Gasteiger partial charge in [0, 0.05) is 6.54 Å². The molecule has 0 saturated carbocycles. The Labute approximate surface area is 130 Å². The smallest absolute Gasteiger partial charge is 0.261 e. The summed E-state index contributed by atoms with van der Waals surface area (Å²) in [5.74, 6) is 0. The molecule has 0 aliphatic carbocycles. The van der Waals surface area contributed by atoms with E-state index in [0.717, 1.165) is 19.3 Å². The minimum atomic E-state index is -0.534. The number of benzene rings is 1. The summed E-state index contributed by atoms with van der Waals surface area (Å²) < 4.78 is 1.19. The van der Waals surface area contributed by atoms with Crippen molar-refractivity contribution in [1.82, 2.24) is 9.55 Å². The van der Waals surface area contributed by atoms with Gasteiger partial charge in [-0.15, -0.1) is 0 Å². The van der Waals surface area contributed by atoms with Gasteiger partial charge in [0.2, 0.25) is 0 Å². The molecular weight excluding hydrogens is 298 g/mol. The van der Waals surface area contributed by atoms with Gasteiger partial charge in [0.15, 0.2) is 0 Å². The van der Waals surface area contributed by atoms with Crippen LogP contribution in [0, 0.1) is 0 Å². The molecule has 0 unspecified atom stereocenters. The summed E-state index contributed by atoms with van der Waals surface area (Å²) in [4.78, 5) is 50.3. The van der Waals surface area contributed by atoms with Crippen molar-refractivity contribution in [2.75, 3.05) is 6.54 Å².